The van der Waals surface area contributed by atoms with Crippen LogP contribution in [0, 0.1) is 6.92 Å². The summed E-state index contributed by atoms with van der Waals surface area (Å²) in [6.07, 6.45) is -5.46. The average Bonchev–Trinajstić information content (AvgIpc) is 2.24. The van der Waals surface area contributed by atoms with Crippen molar-refractivity contribution in [2.24, 2.45) is 0 Å². The van der Waals surface area contributed by atoms with Crippen LogP contribution < -0.4 is 4.74 Å². The smallest absolute Gasteiger partial charge is 0.433 e. The molecule has 0 aromatic carbocycles. The number of ether oxygens (including phenoxy) is 1. The van der Waals surface area contributed by atoms with E-state index >= 15 is 0 Å². The zero-order valence-corrected chi connectivity index (χ0v) is 9.71. The minimum atomic E-state index is -4.67. The molecule has 1 aromatic heterocycles. The second-order valence-electron chi connectivity index (χ2n) is 3.50. The Morgan fingerprint density at radius 1 is 1.39 bits per heavy atom. The number of hydrogen-bond acceptors (Lipinski definition) is 4. The van der Waals surface area contributed by atoms with Crippen LogP contribution in [0.5, 0.6) is 5.88 Å². The van der Waals surface area contributed by atoms with E-state index in [1.165, 1.54) is 14.0 Å². The van der Waals surface area contributed by atoms with Crippen LogP contribution in [0.4, 0.5) is 13.2 Å². The summed E-state index contributed by atoms with van der Waals surface area (Å²) >= 11 is 0. The first-order valence-electron chi connectivity index (χ1n) is 4.96. The van der Waals surface area contributed by atoms with Gasteiger partial charge in [0.1, 0.15) is 5.82 Å². The lowest BCUT2D eigenvalue weighted by atomic mass is 10.1. The lowest BCUT2D eigenvalue weighted by Crippen LogP contribution is -2.16. The zero-order valence-electron chi connectivity index (χ0n) is 9.71. The fourth-order valence-corrected chi connectivity index (χ4v) is 1.43. The van der Waals surface area contributed by atoms with Crippen LogP contribution in [-0.4, -0.2) is 28.2 Å². The highest BCUT2D eigenvalue weighted by Crippen LogP contribution is 2.34. The van der Waals surface area contributed by atoms with Gasteiger partial charge in [-0.2, -0.15) is 18.2 Å². The minimum absolute atomic E-state index is 0.0850. The predicted molar refractivity (Wildman–Crippen MR) is 54.3 cm³/mol. The van der Waals surface area contributed by atoms with Crippen molar-refractivity contribution in [2.75, 3.05) is 7.11 Å². The van der Waals surface area contributed by atoms with E-state index in [1.54, 1.807) is 0 Å². The summed E-state index contributed by atoms with van der Waals surface area (Å²) in [4.78, 5) is 17.5. The highest BCUT2D eigenvalue weighted by Gasteiger charge is 2.37. The predicted octanol–water partition coefficient (Wildman–Crippen LogP) is 1.83. The van der Waals surface area contributed by atoms with Crippen LogP contribution in [0.3, 0.4) is 0 Å². The van der Waals surface area contributed by atoms with E-state index in [4.69, 9.17) is 9.84 Å². The van der Waals surface area contributed by atoms with Crippen molar-refractivity contribution < 1.29 is 27.8 Å². The Morgan fingerprint density at radius 2 is 2.00 bits per heavy atom. The molecule has 0 aliphatic rings. The number of aryl methyl sites for hydroxylation is 1. The third kappa shape index (κ3) is 3.31. The first kappa shape index (κ1) is 14.2. The van der Waals surface area contributed by atoms with E-state index in [9.17, 15) is 18.0 Å². The molecule has 0 atom stereocenters. The van der Waals surface area contributed by atoms with Crippen LogP contribution in [0.25, 0.3) is 0 Å². The fourth-order valence-electron chi connectivity index (χ4n) is 1.43. The molecule has 1 heterocycles. The number of alkyl halides is 3. The molecule has 18 heavy (non-hydrogen) atoms. The molecule has 1 N–H and O–H groups in total. The number of rotatable bonds is 4. The summed E-state index contributed by atoms with van der Waals surface area (Å²) in [6.45, 7) is 1.30. The number of aliphatic carboxylic acids is 1. The maximum atomic E-state index is 12.8. The zero-order chi connectivity index (χ0) is 13.9. The van der Waals surface area contributed by atoms with E-state index < -0.39 is 24.3 Å². The number of carbonyl (C=O) groups is 1. The Labute approximate surface area is 101 Å². The van der Waals surface area contributed by atoms with E-state index in [0.717, 1.165) is 0 Å². The first-order valence-corrected chi connectivity index (χ1v) is 4.96. The Hall–Kier alpha value is -1.86. The van der Waals surface area contributed by atoms with Gasteiger partial charge in [0.05, 0.1) is 7.11 Å². The van der Waals surface area contributed by atoms with E-state index in [-0.39, 0.29) is 23.7 Å². The van der Waals surface area contributed by atoms with Gasteiger partial charge in [-0.05, 0) is 13.3 Å². The highest BCUT2D eigenvalue weighted by atomic mass is 19.4. The quantitative estimate of drug-likeness (QED) is 0.898. The van der Waals surface area contributed by atoms with Crippen LogP contribution in [0.15, 0.2) is 0 Å². The standard InChI is InChI=1S/C10H11F3N2O3/c1-5-14-8(10(11,12)13)6(3-4-7(16)17)9(15-5)18-2/h3-4H2,1-2H3,(H,16,17). The molecule has 100 valence electrons. The Morgan fingerprint density at radius 3 is 2.44 bits per heavy atom. The maximum Gasteiger partial charge on any atom is 0.433 e. The summed E-state index contributed by atoms with van der Waals surface area (Å²) in [5.41, 5.74) is -1.48. The molecule has 0 fully saturated rings. The molecule has 0 aliphatic heterocycles. The Kier molecular flexibility index (Phi) is 4.10. The monoisotopic (exact) mass is 264 g/mol. The Bertz CT molecular complexity index is 460. The van der Waals surface area contributed by atoms with E-state index in [2.05, 4.69) is 9.97 Å². The Balaban J connectivity index is 3.29. The fraction of sp³-hybridized carbons (Fsp3) is 0.500. The molecule has 1 rings (SSSR count). The number of methoxy groups -OCH3 is 1. The van der Waals surface area contributed by atoms with Gasteiger partial charge in [0.2, 0.25) is 5.88 Å². The van der Waals surface area contributed by atoms with Gasteiger partial charge in [-0.25, -0.2) is 4.98 Å². The van der Waals surface area contributed by atoms with Gasteiger partial charge in [0, 0.05) is 12.0 Å². The molecule has 0 radical (unpaired) electrons. The van der Waals surface area contributed by atoms with Gasteiger partial charge in [0.15, 0.2) is 5.69 Å². The van der Waals surface area contributed by atoms with Crippen LogP contribution in [-0.2, 0) is 17.4 Å². The van der Waals surface area contributed by atoms with E-state index in [1.807, 2.05) is 0 Å². The molecular formula is C10H11F3N2O3. The van der Waals surface area contributed by atoms with E-state index in [0.29, 0.717) is 0 Å². The molecule has 1 aromatic rings. The number of carboxylic acids is 1. The summed E-state index contributed by atoms with van der Waals surface area (Å²) in [7, 11) is 1.17. The van der Waals surface area contributed by atoms with Gasteiger partial charge < -0.3 is 9.84 Å². The molecule has 0 bridgehead atoms. The van der Waals surface area contributed by atoms with Gasteiger partial charge in [-0.1, -0.05) is 0 Å². The number of nitrogens with zero attached hydrogens (tertiary/aromatic N) is 2. The second-order valence-corrected chi connectivity index (χ2v) is 3.50. The van der Waals surface area contributed by atoms with Crippen molar-refractivity contribution in [3.05, 3.63) is 17.1 Å². The molecule has 8 heteroatoms. The molecular weight excluding hydrogens is 253 g/mol. The summed E-state index contributed by atoms with van der Waals surface area (Å²) in [5.74, 6) is -1.53. The number of carboxylic acid groups (broad SMARTS) is 1. The van der Waals surface area contributed by atoms with Gasteiger partial charge >= 0.3 is 12.1 Å². The van der Waals surface area contributed by atoms with Crippen molar-refractivity contribution in [1.29, 1.82) is 0 Å². The lowest BCUT2D eigenvalue weighted by molar-refractivity contribution is -0.143. The third-order valence-corrected chi connectivity index (χ3v) is 2.13. The van der Waals surface area contributed by atoms with Crippen LogP contribution in [0.1, 0.15) is 23.5 Å². The molecule has 0 amide bonds. The van der Waals surface area contributed by atoms with Gasteiger partial charge in [0.25, 0.3) is 0 Å². The summed E-state index contributed by atoms with van der Waals surface area (Å²) in [5, 5.41) is 8.52. The SMILES string of the molecule is COc1nc(C)nc(C(F)(F)F)c1CCC(=O)O. The molecule has 0 saturated heterocycles. The molecule has 5 nitrogen and oxygen atoms in total. The molecule has 0 spiro atoms. The van der Waals surface area contributed by atoms with Gasteiger partial charge in [-0.3, -0.25) is 4.79 Å². The normalized spacial score (nSPS) is 11.4. The first-order chi connectivity index (χ1) is 8.25. The number of halogens is 3. The van der Waals surface area contributed by atoms with Crippen molar-refractivity contribution in [3.8, 4) is 5.88 Å². The van der Waals surface area contributed by atoms with Crippen molar-refractivity contribution in [1.82, 2.24) is 9.97 Å². The lowest BCUT2D eigenvalue weighted by Gasteiger charge is -2.14. The highest BCUT2D eigenvalue weighted by molar-refractivity contribution is 5.67. The summed E-state index contributed by atoms with van der Waals surface area (Å²) in [6, 6.07) is 0. The van der Waals surface area contributed by atoms with Crippen molar-refractivity contribution in [2.45, 2.75) is 25.9 Å². The number of hydrogen-bond donors (Lipinski definition) is 1. The second kappa shape index (κ2) is 5.19. The molecule has 0 aliphatic carbocycles. The number of aromatic nitrogens is 2. The van der Waals surface area contributed by atoms with Crippen molar-refractivity contribution in [3.63, 3.8) is 0 Å². The summed E-state index contributed by atoms with van der Waals surface area (Å²) < 4.78 is 43.1. The largest absolute Gasteiger partial charge is 0.481 e. The topological polar surface area (TPSA) is 72.3 Å². The average molecular weight is 264 g/mol. The van der Waals surface area contributed by atoms with Crippen LogP contribution in [0.2, 0.25) is 0 Å². The van der Waals surface area contributed by atoms with Gasteiger partial charge in [-0.15, -0.1) is 0 Å². The maximum absolute atomic E-state index is 12.8. The molecule has 0 unspecified atom stereocenters. The third-order valence-electron chi connectivity index (χ3n) is 2.13. The molecule has 0 saturated carbocycles. The minimum Gasteiger partial charge on any atom is -0.481 e. The van der Waals surface area contributed by atoms with Crippen molar-refractivity contribution >= 4 is 5.97 Å². The van der Waals surface area contributed by atoms with Crippen LogP contribution >= 0.6 is 0 Å².